The standard InChI is InChI=1S/C12H17NO2/c1-9(2)8-15-12(14)13-11-6-4-10(3)5-7-11/h4-7,9H,8H2,1-3H3,(H,13,14). The molecule has 1 amide bonds. The van der Waals surface area contributed by atoms with E-state index in [1.807, 2.05) is 45.0 Å². The van der Waals surface area contributed by atoms with Gasteiger partial charge in [0.15, 0.2) is 0 Å². The second-order valence-electron chi connectivity index (χ2n) is 3.98. The Balaban J connectivity index is 2.41. The summed E-state index contributed by atoms with van der Waals surface area (Å²) in [6.07, 6.45) is -0.396. The maximum absolute atomic E-state index is 11.3. The lowest BCUT2D eigenvalue weighted by atomic mass is 10.2. The minimum atomic E-state index is -0.396. The Morgan fingerprint density at radius 1 is 1.33 bits per heavy atom. The van der Waals surface area contributed by atoms with E-state index in [4.69, 9.17) is 4.74 Å². The summed E-state index contributed by atoms with van der Waals surface area (Å²) in [6.45, 7) is 6.44. The molecule has 15 heavy (non-hydrogen) atoms. The fourth-order valence-electron chi connectivity index (χ4n) is 1.03. The Bertz CT molecular complexity index is 317. The lowest BCUT2D eigenvalue weighted by Crippen LogP contribution is -2.16. The van der Waals surface area contributed by atoms with Crippen molar-refractivity contribution in [3.63, 3.8) is 0 Å². The lowest BCUT2D eigenvalue weighted by molar-refractivity contribution is 0.147. The molecule has 1 rings (SSSR count). The SMILES string of the molecule is Cc1ccc(NC(=O)OCC(C)C)cc1. The summed E-state index contributed by atoms with van der Waals surface area (Å²) in [7, 11) is 0. The molecule has 0 bridgehead atoms. The van der Waals surface area contributed by atoms with Crippen LogP contribution in [-0.2, 0) is 4.74 Å². The number of benzene rings is 1. The predicted octanol–water partition coefficient (Wildman–Crippen LogP) is 3.20. The van der Waals surface area contributed by atoms with Gasteiger partial charge in [0.05, 0.1) is 6.61 Å². The molecular weight excluding hydrogens is 190 g/mol. The van der Waals surface area contributed by atoms with Gasteiger partial charge in [0.2, 0.25) is 0 Å². The maximum Gasteiger partial charge on any atom is 0.411 e. The molecule has 0 heterocycles. The van der Waals surface area contributed by atoms with E-state index in [2.05, 4.69) is 5.32 Å². The first-order chi connectivity index (χ1) is 7.08. The van der Waals surface area contributed by atoms with Crippen molar-refractivity contribution in [3.05, 3.63) is 29.8 Å². The van der Waals surface area contributed by atoms with E-state index in [9.17, 15) is 4.79 Å². The molecule has 0 atom stereocenters. The van der Waals surface area contributed by atoms with E-state index >= 15 is 0 Å². The summed E-state index contributed by atoms with van der Waals surface area (Å²) in [4.78, 5) is 11.3. The van der Waals surface area contributed by atoms with Gasteiger partial charge >= 0.3 is 6.09 Å². The third-order valence-electron chi connectivity index (χ3n) is 1.85. The molecule has 0 spiro atoms. The van der Waals surface area contributed by atoms with Crippen LogP contribution < -0.4 is 5.32 Å². The van der Waals surface area contributed by atoms with Crippen molar-refractivity contribution in [3.8, 4) is 0 Å². The highest BCUT2D eigenvalue weighted by molar-refractivity contribution is 5.84. The largest absolute Gasteiger partial charge is 0.449 e. The fourth-order valence-corrected chi connectivity index (χ4v) is 1.03. The number of rotatable bonds is 3. The number of aryl methyl sites for hydroxylation is 1. The van der Waals surface area contributed by atoms with E-state index in [1.54, 1.807) is 0 Å². The minimum Gasteiger partial charge on any atom is -0.449 e. The first kappa shape index (κ1) is 11.6. The van der Waals surface area contributed by atoms with E-state index in [0.717, 1.165) is 11.3 Å². The number of anilines is 1. The number of carbonyl (C=O) groups excluding carboxylic acids is 1. The van der Waals surface area contributed by atoms with Gasteiger partial charge in [-0.1, -0.05) is 31.5 Å². The molecule has 1 aromatic rings. The number of hydrogen-bond acceptors (Lipinski definition) is 2. The Morgan fingerprint density at radius 2 is 1.93 bits per heavy atom. The molecule has 82 valence electrons. The molecule has 0 aliphatic carbocycles. The second kappa shape index (κ2) is 5.39. The number of ether oxygens (including phenoxy) is 1. The maximum atomic E-state index is 11.3. The molecule has 0 aliphatic rings. The predicted molar refractivity (Wildman–Crippen MR) is 61.0 cm³/mol. The van der Waals surface area contributed by atoms with Crippen LogP contribution in [0.5, 0.6) is 0 Å². The molecule has 1 aromatic carbocycles. The van der Waals surface area contributed by atoms with Crippen LogP contribution in [0.15, 0.2) is 24.3 Å². The molecule has 0 aromatic heterocycles. The van der Waals surface area contributed by atoms with Crippen LogP contribution >= 0.6 is 0 Å². The Morgan fingerprint density at radius 3 is 2.47 bits per heavy atom. The zero-order valence-corrected chi connectivity index (χ0v) is 9.41. The summed E-state index contributed by atoms with van der Waals surface area (Å²) >= 11 is 0. The van der Waals surface area contributed by atoms with Gasteiger partial charge in [0.25, 0.3) is 0 Å². The first-order valence-electron chi connectivity index (χ1n) is 5.08. The monoisotopic (exact) mass is 207 g/mol. The Hall–Kier alpha value is -1.51. The third-order valence-corrected chi connectivity index (χ3v) is 1.85. The summed E-state index contributed by atoms with van der Waals surface area (Å²) in [6, 6.07) is 7.59. The minimum absolute atomic E-state index is 0.355. The lowest BCUT2D eigenvalue weighted by Gasteiger charge is -2.08. The van der Waals surface area contributed by atoms with Gasteiger partial charge in [-0.25, -0.2) is 4.79 Å². The number of nitrogens with one attached hydrogen (secondary N) is 1. The number of amides is 1. The molecule has 0 aliphatic heterocycles. The molecule has 3 heteroatoms. The Labute approximate surface area is 90.4 Å². The van der Waals surface area contributed by atoms with Crippen molar-refractivity contribution in [2.45, 2.75) is 20.8 Å². The highest BCUT2D eigenvalue weighted by Crippen LogP contribution is 2.08. The van der Waals surface area contributed by atoms with Crippen molar-refractivity contribution in [1.29, 1.82) is 0 Å². The van der Waals surface area contributed by atoms with Crippen molar-refractivity contribution in [2.75, 3.05) is 11.9 Å². The van der Waals surface area contributed by atoms with Crippen LogP contribution in [0.1, 0.15) is 19.4 Å². The van der Waals surface area contributed by atoms with Gasteiger partial charge < -0.3 is 4.74 Å². The van der Waals surface area contributed by atoms with E-state index in [1.165, 1.54) is 0 Å². The summed E-state index contributed by atoms with van der Waals surface area (Å²) in [5, 5.41) is 2.66. The van der Waals surface area contributed by atoms with E-state index in [-0.39, 0.29) is 0 Å². The van der Waals surface area contributed by atoms with Gasteiger partial charge in [-0.3, -0.25) is 5.32 Å². The van der Waals surface area contributed by atoms with Crippen molar-refractivity contribution in [1.82, 2.24) is 0 Å². The van der Waals surface area contributed by atoms with Crippen LogP contribution in [0.25, 0.3) is 0 Å². The van der Waals surface area contributed by atoms with Gasteiger partial charge in [-0.2, -0.15) is 0 Å². The first-order valence-corrected chi connectivity index (χ1v) is 5.08. The normalized spacial score (nSPS) is 10.1. The van der Waals surface area contributed by atoms with Gasteiger partial charge in [0, 0.05) is 5.69 Å². The number of carbonyl (C=O) groups is 1. The topological polar surface area (TPSA) is 38.3 Å². The van der Waals surface area contributed by atoms with Crippen molar-refractivity contribution in [2.24, 2.45) is 5.92 Å². The molecule has 1 N–H and O–H groups in total. The Kier molecular flexibility index (Phi) is 4.16. The molecule has 0 radical (unpaired) electrons. The molecule has 3 nitrogen and oxygen atoms in total. The second-order valence-corrected chi connectivity index (χ2v) is 3.98. The van der Waals surface area contributed by atoms with E-state index < -0.39 is 6.09 Å². The van der Waals surface area contributed by atoms with Crippen LogP contribution in [0.2, 0.25) is 0 Å². The number of hydrogen-bond donors (Lipinski definition) is 1. The van der Waals surface area contributed by atoms with Crippen LogP contribution in [0.4, 0.5) is 10.5 Å². The van der Waals surface area contributed by atoms with Crippen LogP contribution in [0.3, 0.4) is 0 Å². The van der Waals surface area contributed by atoms with Gasteiger partial charge in [-0.15, -0.1) is 0 Å². The molecule has 0 saturated heterocycles. The van der Waals surface area contributed by atoms with Crippen molar-refractivity contribution >= 4 is 11.8 Å². The summed E-state index contributed by atoms with van der Waals surface area (Å²) in [5.74, 6) is 0.355. The zero-order valence-electron chi connectivity index (χ0n) is 9.41. The average molecular weight is 207 g/mol. The highest BCUT2D eigenvalue weighted by Gasteiger charge is 2.03. The van der Waals surface area contributed by atoms with Crippen molar-refractivity contribution < 1.29 is 9.53 Å². The smallest absolute Gasteiger partial charge is 0.411 e. The third kappa shape index (κ3) is 4.49. The van der Waals surface area contributed by atoms with Crippen LogP contribution in [0, 0.1) is 12.8 Å². The fraction of sp³-hybridized carbons (Fsp3) is 0.417. The summed E-state index contributed by atoms with van der Waals surface area (Å²) < 4.78 is 4.99. The average Bonchev–Trinajstić information content (AvgIpc) is 2.19. The van der Waals surface area contributed by atoms with Gasteiger partial charge in [-0.05, 0) is 25.0 Å². The van der Waals surface area contributed by atoms with E-state index in [0.29, 0.717) is 12.5 Å². The zero-order chi connectivity index (χ0) is 11.3. The summed E-state index contributed by atoms with van der Waals surface area (Å²) in [5.41, 5.74) is 1.92. The molecule has 0 unspecified atom stereocenters. The van der Waals surface area contributed by atoms with Crippen LogP contribution in [-0.4, -0.2) is 12.7 Å². The van der Waals surface area contributed by atoms with Gasteiger partial charge in [0.1, 0.15) is 0 Å². The quantitative estimate of drug-likeness (QED) is 0.826. The highest BCUT2D eigenvalue weighted by atomic mass is 16.5. The molecular formula is C12H17NO2. The molecule has 0 saturated carbocycles. The molecule has 0 fully saturated rings.